The molecule has 0 radical (unpaired) electrons. The van der Waals surface area contributed by atoms with Crippen molar-refractivity contribution in [2.24, 2.45) is 0 Å². The fourth-order valence-corrected chi connectivity index (χ4v) is 2.92. The smallest absolute Gasteiger partial charge is 0.229 e. The summed E-state index contributed by atoms with van der Waals surface area (Å²) in [5.41, 5.74) is 1.59. The zero-order chi connectivity index (χ0) is 13.0. The lowest BCUT2D eigenvalue weighted by Gasteiger charge is -2.24. The Labute approximate surface area is 109 Å². The quantitative estimate of drug-likeness (QED) is 0.882. The van der Waals surface area contributed by atoms with E-state index in [1.54, 1.807) is 6.07 Å². The van der Waals surface area contributed by atoms with E-state index in [1.165, 1.54) is 32.1 Å². The van der Waals surface area contributed by atoms with Crippen LogP contribution in [0.1, 0.15) is 32.1 Å². The summed E-state index contributed by atoms with van der Waals surface area (Å²) in [5.74, 6) is 0. The molecule has 1 aromatic carbocycles. The van der Waals surface area contributed by atoms with Crippen LogP contribution in [-0.4, -0.2) is 20.7 Å². The summed E-state index contributed by atoms with van der Waals surface area (Å²) < 4.78 is 24.8. The molecule has 0 bridgehead atoms. The Morgan fingerprint density at radius 3 is 2.44 bits per heavy atom. The van der Waals surface area contributed by atoms with Crippen LogP contribution < -0.4 is 10.0 Å². The van der Waals surface area contributed by atoms with Gasteiger partial charge in [-0.2, -0.15) is 0 Å². The van der Waals surface area contributed by atoms with Gasteiger partial charge in [-0.25, -0.2) is 8.42 Å². The maximum absolute atomic E-state index is 11.2. The molecule has 0 atom stereocenters. The normalized spacial score (nSPS) is 17.4. The van der Waals surface area contributed by atoms with Gasteiger partial charge in [-0.15, -0.1) is 0 Å². The highest BCUT2D eigenvalue weighted by atomic mass is 32.2. The van der Waals surface area contributed by atoms with Gasteiger partial charge in [0, 0.05) is 11.7 Å². The van der Waals surface area contributed by atoms with Gasteiger partial charge in [-0.05, 0) is 31.0 Å². The summed E-state index contributed by atoms with van der Waals surface area (Å²) in [6, 6.07) is 7.95. The summed E-state index contributed by atoms with van der Waals surface area (Å²) in [6.45, 7) is 0. The summed E-state index contributed by atoms with van der Waals surface area (Å²) in [6.07, 6.45) is 7.44. The van der Waals surface area contributed by atoms with Crippen molar-refractivity contribution >= 4 is 21.4 Å². The zero-order valence-corrected chi connectivity index (χ0v) is 11.5. The number of sulfonamides is 1. The van der Waals surface area contributed by atoms with Crippen LogP contribution >= 0.6 is 0 Å². The number of nitrogens with one attached hydrogen (secondary N) is 2. The van der Waals surface area contributed by atoms with Crippen molar-refractivity contribution in [3.8, 4) is 0 Å². The average Bonchev–Trinajstić information content (AvgIpc) is 2.28. The van der Waals surface area contributed by atoms with Gasteiger partial charge in [0.15, 0.2) is 0 Å². The zero-order valence-electron chi connectivity index (χ0n) is 10.6. The minimum Gasteiger partial charge on any atom is -0.382 e. The predicted octanol–water partition coefficient (Wildman–Crippen LogP) is 2.80. The minimum absolute atomic E-state index is 0.521. The molecule has 1 saturated carbocycles. The Kier molecular flexibility index (Phi) is 4.11. The van der Waals surface area contributed by atoms with Gasteiger partial charge in [0.2, 0.25) is 10.0 Å². The maximum atomic E-state index is 11.2. The molecule has 0 spiro atoms. The molecule has 0 amide bonds. The Hall–Kier alpha value is -1.23. The first-order valence-electron chi connectivity index (χ1n) is 6.37. The van der Waals surface area contributed by atoms with Crippen molar-refractivity contribution in [2.75, 3.05) is 16.3 Å². The molecule has 5 heteroatoms. The van der Waals surface area contributed by atoms with E-state index < -0.39 is 10.0 Å². The highest BCUT2D eigenvalue weighted by Crippen LogP contribution is 2.23. The lowest BCUT2D eigenvalue weighted by molar-refractivity contribution is 0.463. The second-order valence-corrected chi connectivity index (χ2v) is 6.68. The number of benzene rings is 1. The first-order chi connectivity index (χ1) is 8.53. The van der Waals surface area contributed by atoms with Crippen LogP contribution in [0.4, 0.5) is 11.4 Å². The first kappa shape index (κ1) is 13.2. The summed E-state index contributed by atoms with van der Waals surface area (Å²) in [4.78, 5) is 0. The Morgan fingerprint density at radius 2 is 1.78 bits per heavy atom. The predicted molar refractivity (Wildman–Crippen MR) is 75.4 cm³/mol. The molecule has 1 aliphatic carbocycles. The van der Waals surface area contributed by atoms with Crippen LogP contribution in [0, 0.1) is 0 Å². The second kappa shape index (κ2) is 5.61. The highest BCUT2D eigenvalue weighted by molar-refractivity contribution is 7.92. The molecule has 1 aliphatic rings. The monoisotopic (exact) mass is 268 g/mol. The maximum Gasteiger partial charge on any atom is 0.229 e. The number of rotatable bonds is 4. The lowest BCUT2D eigenvalue weighted by atomic mass is 9.95. The largest absolute Gasteiger partial charge is 0.382 e. The van der Waals surface area contributed by atoms with Gasteiger partial charge in [-0.1, -0.05) is 25.3 Å². The SMILES string of the molecule is CS(=O)(=O)Nc1cccc(NC2CCCCC2)c1. The lowest BCUT2D eigenvalue weighted by Crippen LogP contribution is -2.22. The third-order valence-corrected chi connectivity index (χ3v) is 3.75. The standard InChI is InChI=1S/C13H20N2O2S/c1-18(16,17)15-13-9-5-8-12(10-13)14-11-6-3-2-4-7-11/h5,8-11,14-15H,2-4,6-7H2,1H3. The van der Waals surface area contributed by atoms with Crippen molar-refractivity contribution in [1.29, 1.82) is 0 Å². The van der Waals surface area contributed by atoms with E-state index in [1.807, 2.05) is 18.2 Å². The molecule has 18 heavy (non-hydrogen) atoms. The van der Waals surface area contributed by atoms with E-state index >= 15 is 0 Å². The molecule has 4 nitrogen and oxygen atoms in total. The molecular formula is C13H20N2O2S. The van der Waals surface area contributed by atoms with E-state index in [-0.39, 0.29) is 0 Å². The van der Waals surface area contributed by atoms with Crippen LogP contribution in [0.15, 0.2) is 24.3 Å². The summed E-state index contributed by atoms with van der Waals surface area (Å²) in [5, 5.41) is 3.47. The molecule has 1 fully saturated rings. The van der Waals surface area contributed by atoms with Gasteiger partial charge in [0.25, 0.3) is 0 Å². The van der Waals surface area contributed by atoms with Crippen molar-refractivity contribution in [3.63, 3.8) is 0 Å². The molecular weight excluding hydrogens is 248 g/mol. The number of hydrogen-bond donors (Lipinski definition) is 2. The van der Waals surface area contributed by atoms with Crippen LogP contribution in [-0.2, 0) is 10.0 Å². The third-order valence-electron chi connectivity index (χ3n) is 3.14. The van der Waals surface area contributed by atoms with E-state index in [0.29, 0.717) is 11.7 Å². The molecule has 0 unspecified atom stereocenters. The van der Waals surface area contributed by atoms with Gasteiger partial charge in [0.1, 0.15) is 0 Å². The molecule has 2 rings (SSSR count). The van der Waals surface area contributed by atoms with E-state index in [0.717, 1.165) is 11.9 Å². The van der Waals surface area contributed by atoms with Gasteiger partial charge < -0.3 is 5.32 Å². The van der Waals surface area contributed by atoms with Crippen LogP contribution in [0.2, 0.25) is 0 Å². The second-order valence-electron chi connectivity index (χ2n) is 4.93. The van der Waals surface area contributed by atoms with Crippen molar-refractivity contribution in [1.82, 2.24) is 0 Å². The molecule has 100 valence electrons. The van der Waals surface area contributed by atoms with Crippen molar-refractivity contribution < 1.29 is 8.42 Å². The van der Waals surface area contributed by atoms with Crippen LogP contribution in [0.5, 0.6) is 0 Å². The fraction of sp³-hybridized carbons (Fsp3) is 0.538. The van der Waals surface area contributed by atoms with Gasteiger partial charge >= 0.3 is 0 Å². The molecule has 2 N–H and O–H groups in total. The Bertz CT molecular complexity index is 493. The first-order valence-corrected chi connectivity index (χ1v) is 8.26. The average molecular weight is 268 g/mol. The summed E-state index contributed by atoms with van der Waals surface area (Å²) in [7, 11) is -3.20. The Balaban J connectivity index is 2.02. The number of hydrogen-bond acceptors (Lipinski definition) is 3. The molecule has 1 aromatic rings. The van der Waals surface area contributed by atoms with Gasteiger partial charge in [-0.3, -0.25) is 4.72 Å². The molecule has 0 saturated heterocycles. The van der Waals surface area contributed by atoms with E-state index in [2.05, 4.69) is 10.0 Å². The van der Waals surface area contributed by atoms with Crippen LogP contribution in [0.3, 0.4) is 0 Å². The Morgan fingerprint density at radius 1 is 1.11 bits per heavy atom. The van der Waals surface area contributed by atoms with Crippen LogP contribution in [0.25, 0.3) is 0 Å². The van der Waals surface area contributed by atoms with E-state index in [9.17, 15) is 8.42 Å². The highest BCUT2D eigenvalue weighted by Gasteiger charge is 2.13. The minimum atomic E-state index is -3.20. The summed E-state index contributed by atoms with van der Waals surface area (Å²) >= 11 is 0. The molecule has 0 heterocycles. The van der Waals surface area contributed by atoms with Crippen molar-refractivity contribution in [2.45, 2.75) is 38.1 Å². The van der Waals surface area contributed by atoms with Gasteiger partial charge in [0.05, 0.1) is 11.9 Å². The fourth-order valence-electron chi connectivity index (χ4n) is 2.37. The van der Waals surface area contributed by atoms with Crippen molar-refractivity contribution in [3.05, 3.63) is 24.3 Å². The topological polar surface area (TPSA) is 58.2 Å². The number of anilines is 2. The van der Waals surface area contributed by atoms with E-state index in [4.69, 9.17) is 0 Å². The third kappa shape index (κ3) is 4.22. The molecule has 0 aliphatic heterocycles. The molecule has 0 aromatic heterocycles.